The Balaban J connectivity index is 1.53. The smallest absolute Gasteiger partial charge is 0.270 e. The Labute approximate surface area is 199 Å². The average molecular weight is 505 g/mol. The van der Waals surface area contributed by atoms with Crippen molar-refractivity contribution in [2.75, 3.05) is 4.90 Å². The van der Waals surface area contributed by atoms with E-state index in [1.807, 2.05) is 60.7 Å². The van der Waals surface area contributed by atoms with Gasteiger partial charge in [-0.05, 0) is 72.4 Å². The van der Waals surface area contributed by atoms with Crippen molar-refractivity contribution in [1.29, 1.82) is 0 Å². The second-order valence-corrected chi connectivity index (χ2v) is 8.10. The molecule has 3 aromatic carbocycles. The first-order chi connectivity index (χ1) is 15.5. The molecule has 1 aliphatic heterocycles. The number of rotatable bonds is 5. The second kappa shape index (κ2) is 9.72. The Morgan fingerprint density at radius 2 is 1.53 bits per heavy atom. The Morgan fingerprint density at radius 3 is 2.22 bits per heavy atom. The number of hydrogen-bond acceptors (Lipinski definition) is 4. The van der Waals surface area contributed by atoms with Crippen LogP contribution in [0.3, 0.4) is 0 Å². The standard InChI is InChI=1S/C25H17BrN2O3S/c26-18-11-9-17(10-12-18)5-4-8-22-23(29)27-25(32)28(24(22)30)19-13-15-21(16-14-19)31-20-6-2-1-3-7-20/h1-16H,(H,27,29,32)/b5-4+,22-8-. The third-order valence-corrected chi connectivity index (χ3v) is 5.41. The molecule has 0 bridgehead atoms. The number of halogens is 1. The van der Waals surface area contributed by atoms with Crippen LogP contribution in [-0.4, -0.2) is 16.9 Å². The first-order valence-corrected chi connectivity index (χ1v) is 10.9. The van der Waals surface area contributed by atoms with Crippen molar-refractivity contribution >= 4 is 56.8 Å². The van der Waals surface area contributed by atoms with Crippen LogP contribution in [0.4, 0.5) is 5.69 Å². The molecule has 0 saturated carbocycles. The fraction of sp³-hybridized carbons (Fsp3) is 0. The van der Waals surface area contributed by atoms with Gasteiger partial charge in [0.05, 0.1) is 5.69 Å². The summed E-state index contributed by atoms with van der Waals surface area (Å²) >= 11 is 8.64. The van der Waals surface area contributed by atoms with Gasteiger partial charge >= 0.3 is 0 Å². The molecule has 0 atom stereocenters. The van der Waals surface area contributed by atoms with E-state index in [1.165, 1.54) is 11.0 Å². The highest BCUT2D eigenvalue weighted by Crippen LogP contribution is 2.26. The Kier molecular flexibility index (Phi) is 6.58. The predicted molar refractivity (Wildman–Crippen MR) is 132 cm³/mol. The van der Waals surface area contributed by atoms with Gasteiger partial charge in [-0.1, -0.05) is 58.4 Å². The Hall–Kier alpha value is -3.55. The fourth-order valence-corrected chi connectivity index (χ4v) is 3.57. The molecule has 5 nitrogen and oxygen atoms in total. The molecule has 0 aromatic heterocycles. The molecular weight excluding hydrogens is 488 g/mol. The SMILES string of the molecule is O=C1NC(=S)N(c2ccc(Oc3ccccc3)cc2)C(=O)/C1=C\C=C\c1ccc(Br)cc1. The monoisotopic (exact) mass is 504 g/mol. The second-order valence-electron chi connectivity index (χ2n) is 6.80. The first-order valence-electron chi connectivity index (χ1n) is 9.68. The van der Waals surface area contributed by atoms with Crippen LogP contribution in [0, 0.1) is 0 Å². The van der Waals surface area contributed by atoms with Gasteiger partial charge in [0, 0.05) is 4.47 Å². The quantitative estimate of drug-likeness (QED) is 0.278. The molecular formula is C25H17BrN2O3S. The lowest BCUT2D eigenvalue weighted by molar-refractivity contribution is -0.122. The van der Waals surface area contributed by atoms with Gasteiger partial charge in [0.2, 0.25) is 0 Å². The normalized spacial score (nSPS) is 15.3. The van der Waals surface area contributed by atoms with E-state index in [2.05, 4.69) is 21.2 Å². The molecule has 0 unspecified atom stereocenters. The zero-order chi connectivity index (χ0) is 22.5. The number of thiocarbonyl (C=S) groups is 1. The van der Waals surface area contributed by atoms with E-state index in [9.17, 15) is 9.59 Å². The van der Waals surface area contributed by atoms with Gasteiger partial charge in [0.15, 0.2) is 5.11 Å². The molecule has 0 spiro atoms. The number of benzene rings is 3. The number of carbonyl (C=O) groups is 2. The topological polar surface area (TPSA) is 58.6 Å². The summed E-state index contributed by atoms with van der Waals surface area (Å²) in [6.07, 6.45) is 4.97. The van der Waals surface area contributed by atoms with Gasteiger partial charge in [-0.2, -0.15) is 0 Å². The average Bonchev–Trinajstić information content (AvgIpc) is 2.79. The molecule has 1 saturated heterocycles. The number of carbonyl (C=O) groups excluding carboxylic acids is 2. The highest BCUT2D eigenvalue weighted by Gasteiger charge is 2.34. The minimum absolute atomic E-state index is 0.00317. The highest BCUT2D eigenvalue weighted by atomic mass is 79.9. The zero-order valence-corrected chi connectivity index (χ0v) is 19.1. The van der Waals surface area contributed by atoms with E-state index < -0.39 is 11.8 Å². The maximum Gasteiger partial charge on any atom is 0.270 e. The largest absolute Gasteiger partial charge is 0.457 e. The van der Waals surface area contributed by atoms with Crippen molar-refractivity contribution in [2.24, 2.45) is 0 Å². The lowest BCUT2D eigenvalue weighted by Crippen LogP contribution is -2.54. The Bertz CT molecular complexity index is 1220. The third kappa shape index (κ3) is 5.01. The Morgan fingerprint density at radius 1 is 0.875 bits per heavy atom. The fourth-order valence-electron chi connectivity index (χ4n) is 3.03. The van der Waals surface area contributed by atoms with E-state index in [0.29, 0.717) is 17.2 Å². The van der Waals surface area contributed by atoms with Crippen LogP contribution >= 0.6 is 28.1 Å². The summed E-state index contributed by atoms with van der Waals surface area (Å²) in [5.74, 6) is 0.309. The maximum absolute atomic E-state index is 13.0. The summed E-state index contributed by atoms with van der Waals surface area (Å²) in [6, 6.07) is 24.0. The molecule has 32 heavy (non-hydrogen) atoms. The van der Waals surface area contributed by atoms with Crippen LogP contribution in [0.15, 0.2) is 101 Å². The molecule has 3 aromatic rings. The number of ether oxygens (including phenoxy) is 1. The van der Waals surface area contributed by atoms with E-state index in [4.69, 9.17) is 17.0 Å². The third-order valence-electron chi connectivity index (χ3n) is 4.60. The molecule has 1 fully saturated rings. The van der Waals surface area contributed by atoms with Crippen molar-refractivity contribution < 1.29 is 14.3 Å². The van der Waals surface area contributed by atoms with Crippen LogP contribution in [0.25, 0.3) is 6.08 Å². The number of nitrogens with one attached hydrogen (secondary N) is 1. The van der Waals surface area contributed by atoms with Gasteiger partial charge in [0.25, 0.3) is 11.8 Å². The van der Waals surface area contributed by atoms with E-state index >= 15 is 0 Å². The van der Waals surface area contributed by atoms with E-state index in [-0.39, 0.29) is 10.7 Å². The lowest BCUT2D eigenvalue weighted by Gasteiger charge is -2.28. The van der Waals surface area contributed by atoms with Crippen LogP contribution in [0.5, 0.6) is 11.5 Å². The van der Waals surface area contributed by atoms with Gasteiger partial charge < -0.3 is 4.74 Å². The molecule has 0 aliphatic carbocycles. The van der Waals surface area contributed by atoms with Crippen molar-refractivity contribution in [2.45, 2.75) is 0 Å². The molecule has 1 N–H and O–H groups in total. The number of hydrogen-bond donors (Lipinski definition) is 1. The molecule has 1 aliphatic rings. The van der Waals surface area contributed by atoms with Crippen LogP contribution in [-0.2, 0) is 9.59 Å². The first kappa shape index (κ1) is 21.7. The van der Waals surface area contributed by atoms with Crippen molar-refractivity contribution in [1.82, 2.24) is 5.32 Å². The molecule has 4 rings (SSSR count). The van der Waals surface area contributed by atoms with E-state index in [1.54, 1.807) is 30.3 Å². The highest BCUT2D eigenvalue weighted by molar-refractivity contribution is 9.10. The maximum atomic E-state index is 13.0. The predicted octanol–water partition coefficient (Wildman–Crippen LogP) is 5.63. The summed E-state index contributed by atoms with van der Waals surface area (Å²) in [6.45, 7) is 0. The number of nitrogens with zero attached hydrogens (tertiary/aromatic N) is 1. The zero-order valence-electron chi connectivity index (χ0n) is 16.7. The number of allylic oxidation sites excluding steroid dienone is 2. The number of para-hydroxylation sites is 1. The van der Waals surface area contributed by atoms with Gasteiger partial charge in [-0.25, -0.2) is 0 Å². The van der Waals surface area contributed by atoms with E-state index in [0.717, 1.165) is 10.0 Å². The minimum atomic E-state index is -0.527. The van der Waals surface area contributed by atoms with Crippen LogP contribution in [0.1, 0.15) is 5.56 Å². The summed E-state index contributed by atoms with van der Waals surface area (Å²) in [4.78, 5) is 26.7. The molecule has 1 heterocycles. The van der Waals surface area contributed by atoms with Gasteiger partial charge in [0.1, 0.15) is 17.1 Å². The molecule has 158 valence electrons. The minimum Gasteiger partial charge on any atom is -0.457 e. The molecule has 7 heteroatoms. The molecule has 2 amide bonds. The lowest BCUT2D eigenvalue weighted by atomic mass is 10.1. The van der Waals surface area contributed by atoms with Crippen molar-refractivity contribution in [3.8, 4) is 11.5 Å². The van der Waals surface area contributed by atoms with Crippen LogP contribution < -0.4 is 15.0 Å². The summed E-state index contributed by atoms with van der Waals surface area (Å²) in [5.41, 5.74) is 1.47. The molecule has 0 radical (unpaired) electrons. The van der Waals surface area contributed by atoms with Crippen molar-refractivity contribution in [3.63, 3.8) is 0 Å². The summed E-state index contributed by atoms with van der Waals surface area (Å²) in [7, 11) is 0. The summed E-state index contributed by atoms with van der Waals surface area (Å²) < 4.78 is 6.76. The van der Waals surface area contributed by atoms with Crippen molar-refractivity contribution in [3.05, 3.63) is 107 Å². The summed E-state index contributed by atoms with van der Waals surface area (Å²) in [5, 5.41) is 2.61. The van der Waals surface area contributed by atoms with Crippen LogP contribution in [0.2, 0.25) is 0 Å². The number of anilines is 1. The van der Waals surface area contributed by atoms with Gasteiger partial charge in [-0.15, -0.1) is 0 Å². The number of amides is 2. The van der Waals surface area contributed by atoms with Gasteiger partial charge in [-0.3, -0.25) is 19.8 Å².